The number of hydrogen-bond acceptors (Lipinski definition) is 1. The first-order chi connectivity index (χ1) is 6.72. The minimum absolute atomic E-state index is 0.222. The minimum atomic E-state index is -0.415. The maximum atomic E-state index is 12.1. The molecule has 0 atom stereocenters. The largest absolute Gasteiger partial charge is 0.341 e. The number of amides is 1. The molecule has 88 valence electrons. The topological polar surface area (TPSA) is 20.3 Å². The summed E-state index contributed by atoms with van der Waals surface area (Å²) in [6.45, 7) is 10.2. The van der Waals surface area contributed by atoms with Crippen molar-refractivity contribution in [1.82, 2.24) is 4.90 Å². The minimum Gasteiger partial charge on any atom is -0.341 e. The molecule has 0 unspecified atom stereocenters. The summed E-state index contributed by atoms with van der Waals surface area (Å²) in [7, 11) is 0. The molecular weight excluding hydrogens is 254 g/mol. The van der Waals surface area contributed by atoms with E-state index in [0.717, 1.165) is 25.9 Å². The van der Waals surface area contributed by atoms with Gasteiger partial charge in [-0.2, -0.15) is 0 Å². The Morgan fingerprint density at radius 1 is 1.27 bits per heavy atom. The van der Waals surface area contributed by atoms with E-state index in [1.165, 1.54) is 6.42 Å². The third-order valence-electron chi connectivity index (χ3n) is 3.14. The average Bonchev–Trinajstić information content (AvgIpc) is 2.23. The molecule has 0 N–H and O–H groups in total. The van der Waals surface area contributed by atoms with E-state index < -0.39 is 4.32 Å². The lowest BCUT2D eigenvalue weighted by molar-refractivity contribution is -0.132. The van der Waals surface area contributed by atoms with E-state index in [0.29, 0.717) is 5.41 Å². The van der Waals surface area contributed by atoms with Crippen LogP contribution in [0.5, 0.6) is 0 Å². The van der Waals surface area contributed by atoms with Crippen LogP contribution in [0.1, 0.15) is 47.0 Å². The summed E-state index contributed by atoms with van der Waals surface area (Å²) in [4.78, 5) is 14.1. The predicted molar refractivity (Wildman–Crippen MR) is 67.2 cm³/mol. The van der Waals surface area contributed by atoms with Crippen LogP contribution in [0, 0.1) is 5.41 Å². The second kappa shape index (κ2) is 4.44. The molecule has 0 aromatic rings. The van der Waals surface area contributed by atoms with E-state index in [-0.39, 0.29) is 5.91 Å². The van der Waals surface area contributed by atoms with E-state index in [9.17, 15) is 4.79 Å². The summed E-state index contributed by atoms with van der Waals surface area (Å²) in [5.41, 5.74) is 0.394. The van der Waals surface area contributed by atoms with Gasteiger partial charge in [0.25, 0.3) is 0 Å². The Balaban J connectivity index is 2.62. The van der Waals surface area contributed by atoms with Gasteiger partial charge >= 0.3 is 0 Å². The van der Waals surface area contributed by atoms with Crippen LogP contribution in [0.3, 0.4) is 0 Å². The van der Waals surface area contributed by atoms with Crippen LogP contribution in [0.2, 0.25) is 0 Å². The first-order valence-corrected chi connectivity index (χ1v) is 6.50. The van der Waals surface area contributed by atoms with Gasteiger partial charge in [-0.25, -0.2) is 0 Å². The molecule has 0 bridgehead atoms. The molecule has 0 radical (unpaired) electrons. The number of carbonyl (C=O) groups excluding carboxylic acids is 1. The summed E-state index contributed by atoms with van der Waals surface area (Å²) in [5.74, 6) is 0.222. The van der Waals surface area contributed by atoms with Crippen LogP contribution >= 0.6 is 15.9 Å². The number of carbonyl (C=O) groups is 1. The third kappa shape index (κ3) is 3.78. The van der Waals surface area contributed by atoms with E-state index in [1.54, 1.807) is 0 Å². The van der Waals surface area contributed by atoms with Crippen molar-refractivity contribution in [1.29, 1.82) is 0 Å². The SMILES string of the molecule is CC1(C)CCCN(C(=O)C(C)(C)Br)CC1. The number of alkyl halides is 1. The van der Waals surface area contributed by atoms with Crippen LogP contribution in [-0.4, -0.2) is 28.2 Å². The highest BCUT2D eigenvalue weighted by atomic mass is 79.9. The fraction of sp³-hybridized carbons (Fsp3) is 0.917. The molecule has 0 aromatic heterocycles. The van der Waals surface area contributed by atoms with Gasteiger partial charge in [0, 0.05) is 13.1 Å². The van der Waals surface area contributed by atoms with Crippen molar-refractivity contribution in [3.8, 4) is 0 Å². The van der Waals surface area contributed by atoms with Gasteiger partial charge in [0.15, 0.2) is 0 Å². The second-order valence-corrected chi connectivity index (χ2v) is 7.76. The van der Waals surface area contributed by atoms with Crippen molar-refractivity contribution in [2.24, 2.45) is 5.41 Å². The number of halogens is 1. The van der Waals surface area contributed by atoms with Crippen molar-refractivity contribution in [2.75, 3.05) is 13.1 Å². The average molecular weight is 276 g/mol. The molecule has 0 aliphatic carbocycles. The molecule has 1 rings (SSSR count). The molecule has 2 nitrogen and oxygen atoms in total. The molecule has 0 aromatic carbocycles. The van der Waals surface area contributed by atoms with Crippen LogP contribution in [0.4, 0.5) is 0 Å². The number of rotatable bonds is 1. The highest BCUT2D eigenvalue weighted by molar-refractivity contribution is 9.10. The number of likely N-dealkylation sites (tertiary alicyclic amines) is 1. The van der Waals surface area contributed by atoms with Gasteiger partial charge < -0.3 is 4.90 Å². The van der Waals surface area contributed by atoms with Crippen molar-refractivity contribution in [2.45, 2.75) is 51.3 Å². The van der Waals surface area contributed by atoms with Gasteiger partial charge in [0.05, 0.1) is 4.32 Å². The maximum Gasteiger partial charge on any atom is 0.238 e. The van der Waals surface area contributed by atoms with E-state index in [2.05, 4.69) is 29.8 Å². The molecule has 1 fully saturated rings. The standard InChI is InChI=1S/C12H22BrNO/c1-11(2)6-5-8-14(9-7-11)10(15)12(3,4)13/h5-9H2,1-4H3. The highest BCUT2D eigenvalue weighted by Gasteiger charge is 2.32. The lowest BCUT2D eigenvalue weighted by Gasteiger charge is -2.28. The summed E-state index contributed by atoms with van der Waals surface area (Å²) in [5, 5.41) is 0. The zero-order valence-electron chi connectivity index (χ0n) is 10.3. The van der Waals surface area contributed by atoms with Crippen LogP contribution in [0.15, 0.2) is 0 Å². The Bertz CT molecular complexity index is 242. The second-order valence-electron chi connectivity index (χ2n) is 5.78. The third-order valence-corrected chi connectivity index (χ3v) is 3.48. The molecule has 0 saturated carbocycles. The van der Waals surface area contributed by atoms with Crippen LogP contribution < -0.4 is 0 Å². The van der Waals surface area contributed by atoms with Crippen LogP contribution in [-0.2, 0) is 4.79 Å². The normalized spacial score (nSPS) is 22.3. The Morgan fingerprint density at radius 2 is 1.87 bits per heavy atom. The quantitative estimate of drug-likeness (QED) is 0.673. The summed E-state index contributed by atoms with van der Waals surface area (Å²) >= 11 is 3.44. The first kappa shape index (κ1) is 13.0. The summed E-state index contributed by atoms with van der Waals surface area (Å²) in [6, 6.07) is 0. The first-order valence-electron chi connectivity index (χ1n) is 5.71. The Hall–Kier alpha value is -0.0500. The van der Waals surface area contributed by atoms with Gasteiger partial charge in [-0.1, -0.05) is 29.8 Å². The van der Waals surface area contributed by atoms with Gasteiger partial charge in [-0.15, -0.1) is 0 Å². The smallest absolute Gasteiger partial charge is 0.238 e. The van der Waals surface area contributed by atoms with Gasteiger partial charge in [-0.3, -0.25) is 4.79 Å². The zero-order chi connectivity index (χ0) is 11.7. The predicted octanol–water partition coefficient (Wildman–Crippen LogP) is 3.20. The monoisotopic (exact) mass is 275 g/mol. The van der Waals surface area contributed by atoms with Gasteiger partial charge in [0.2, 0.25) is 5.91 Å². The molecule has 15 heavy (non-hydrogen) atoms. The lowest BCUT2D eigenvalue weighted by Crippen LogP contribution is -2.42. The van der Waals surface area contributed by atoms with Crippen molar-refractivity contribution < 1.29 is 4.79 Å². The van der Waals surface area contributed by atoms with Crippen molar-refractivity contribution >= 4 is 21.8 Å². The fourth-order valence-electron chi connectivity index (χ4n) is 2.00. The molecule has 1 saturated heterocycles. The van der Waals surface area contributed by atoms with E-state index >= 15 is 0 Å². The van der Waals surface area contributed by atoms with E-state index in [1.807, 2.05) is 18.7 Å². The summed E-state index contributed by atoms with van der Waals surface area (Å²) in [6.07, 6.45) is 3.46. The molecule has 1 heterocycles. The van der Waals surface area contributed by atoms with Crippen LogP contribution in [0.25, 0.3) is 0 Å². The molecular formula is C12H22BrNO. The number of nitrogens with zero attached hydrogens (tertiary/aromatic N) is 1. The fourth-order valence-corrected chi connectivity index (χ4v) is 2.25. The summed E-state index contributed by atoms with van der Waals surface area (Å²) < 4.78 is -0.415. The molecule has 1 amide bonds. The van der Waals surface area contributed by atoms with Gasteiger partial charge in [0.1, 0.15) is 0 Å². The maximum absolute atomic E-state index is 12.1. The lowest BCUT2D eigenvalue weighted by atomic mass is 9.85. The molecule has 0 spiro atoms. The zero-order valence-corrected chi connectivity index (χ0v) is 11.9. The van der Waals surface area contributed by atoms with E-state index in [4.69, 9.17) is 0 Å². The number of hydrogen-bond donors (Lipinski definition) is 0. The Morgan fingerprint density at radius 3 is 2.40 bits per heavy atom. The van der Waals surface area contributed by atoms with Gasteiger partial charge in [-0.05, 0) is 38.5 Å². The highest BCUT2D eigenvalue weighted by Crippen LogP contribution is 2.31. The Kier molecular flexibility index (Phi) is 3.85. The molecule has 1 aliphatic rings. The Labute approximate surface area is 102 Å². The van der Waals surface area contributed by atoms with Crippen molar-refractivity contribution in [3.05, 3.63) is 0 Å². The molecule has 1 aliphatic heterocycles. The molecule has 3 heteroatoms. The van der Waals surface area contributed by atoms with Crippen molar-refractivity contribution in [3.63, 3.8) is 0 Å².